The fraction of sp³-hybridized carbons (Fsp3) is 0.276. The smallest absolute Gasteiger partial charge is 0.143 e. The minimum atomic E-state index is -0.305. The molecule has 34 heavy (non-hydrogen) atoms. The van der Waals surface area contributed by atoms with E-state index in [0.29, 0.717) is 11.4 Å². The van der Waals surface area contributed by atoms with Crippen molar-refractivity contribution in [2.24, 2.45) is 0 Å². The van der Waals surface area contributed by atoms with Crippen molar-refractivity contribution in [1.82, 2.24) is 4.98 Å². The molecule has 4 aromatic rings. The molecule has 2 N–H and O–H groups in total. The van der Waals surface area contributed by atoms with E-state index in [1.165, 1.54) is 37.1 Å². The van der Waals surface area contributed by atoms with Gasteiger partial charge in [-0.05, 0) is 86.7 Å². The summed E-state index contributed by atoms with van der Waals surface area (Å²) in [4.78, 5) is 7.39. The molecule has 5 heteroatoms. The van der Waals surface area contributed by atoms with Gasteiger partial charge in [0.1, 0.15) is 17.7 Å². The van der Waals surface area contributed by atoms with E-state index < -0.39 is 0 Å². The van der Waals surface area contributed by atoms with E-state index in [4.69, 9.17) is 15.5 Å². The number of benzene rings is 3. The highest BCUT2D eigenvalue weighted by Crippen LogP contribution is 2.40. The number of anilines is 2. The van der Waals surface area contributed by atoms with Gasteiger partial charge in [-0.3, -0.25) is 4.98 Å². The second-order valence-corrected chi connectivity index (χ2v) is 9.04. The number of nitrogens with two attached hydrogens (primary N) is 1. The van der Waals surface area contributed by atoms with Gasteiger partial charge >= 0.3 is 0 Å². The average Bonchev–Trinajstić information content (AvgIpc) is 2.85. The number of piperidine rings is 1. The maximum absolute atomic E-state index is 13.8. The van der Waals surface area contributed by atoms with Crippen LogP contribution in [0.25, 0.3) is 22.0 Å². The lowest BCUT2D eigenvalue weighted by Crippen LogP contribution is -2.29. The van der Waals surface area contributed by atoms with Crippen molar-refractivity contribution in [1.29, 1.82) is 0 Å². The first kappa shape index (κ1) is 22.2. The van der Waals surface area contributed by atoms with E-state index >= 15 is 0 Å². The Morgan fingerprint density at radius 1 is 0.971 bits per heavy atom. The zero-order valence-electron chi connectivity index (χ0n) is 19.7. The number of fused-ring (bicyclic) bond motifs is 1. The van der Waals surface area contributed by atoms with Crippen molar-refractivity contribution in [2.75, 3.05) is 23.7 Å². The number of hydrogen-bond acceptors (Lipinski definition) is 4. The minimum Gasteiger partial charge on any atom is -0.484 e. The van der Waals surface area contributed by atoms with E-state index in [1.54, 1.807) is 0 Å². The third-order valence-electron chi connectivity index (χ3n) is 6.68. The van der Waals surface area contributed by atoms with Gasteiger partial charge in [0.25, 0.3) is 0 Å². The Kier molecular flexibility index (Phi) is 6.10. The summed E-state index contributed by atoms with van der Waals surface area (Å²) in [5.74, 6) is 0.386. The Bertz CT molecular complexity index is 1310. The standard InChI is InChI=1S/C29H30FN3O/c1-19-28(20(2)34-27-9-5-4-8-25(27)31)29(21-10-12-22(30)13-11-21)24-18-23(14-15-26(24)32-19)33-16-6-3-7-17-33/h4-5,8-15,18,20H,3,6-7,16-17,31H2,1-2H3. The summed E-state index contributed by atoms with van der Waals surface area (Å²) in [5.41, 5.74) is 12.7. The summed E-state index contributed by atoms with van der Waals surface area (Å²) in [5, 5.41) is 1.05. The fourth-order valence-electron chi connectivity index (χ4n) is 5.00. The zero-order valence-corrected chi connectivity index (χ0v) is 19.7. The number of aromatic nitrogens is 1. The Morgan fingerprint density at radius 3 is 2.44 bits per heavy atom. The summed E-state index contributed by atoms with van der Waals surface area (Å²) in [6.45, 7) is 6.16. The molecule has 0 radical (unpaired) electrons. The number of nitrogen functional groups attached to an aromatic ring is 1. The highest BCUT2D eigenvalue weighted by atomic mass is 19.1. The van der Waals surface area contributed by atoms with Crippen LogP contribution >= 0.6 is 0 Å². The predicted molar refractivity (Wildman–Crippen MR) is 138 cm³/mol. The maximum atomic E-state index is 13.8. The molecule has 174 valence electrons. The monoisotopic (exact) mass is 455 g/mol. The lowest BCUT2D eigenvalue weighted by molar-refractivity contribution is 0.228. The fourth-order valence-corrected chi connectivity index (χ4v) is 5.00. The summed E-state index contributed by atoms with van der Waals surface area (Å²) in [6, 6.07) is 20.7. The van der Waals surface area contributed by atoms with Gasteiger partial charge in [-0.2, -0.15) is 0 Å². The highest BCUT2D eigenvalue weighted by Gasteiger charge is 2.22. The first-order chi connectivity index (χ1) is 16.5. The first-order valence-corrected chi connectivity index (χ1v) is 12.0. The Hall–Kier alpha value is -3.60. The van der Waals surface area contributed by atoms with Crippen LogP contribution in [0.4, 0.5) is 15.8 Å². The number of para-hydroxylation sites is 2. The molecule has 1 aliphatic rings. The lowest BCUT2D eigenvalue weighted by Gasteiger charge is -2.29. The van der Waals surface area contributed by atoms with Crippen LogP contribution < -0.4 is 15.4 Å². The lowest BCUT2D eigenvalue weighted by atomic mass is 9.91. The maximum Gasteiger partial charge on any atom is 0.143 e. The normalized spacial score (nSPS) is 14.9. The van der Waals surface area contributed by atoms with Crippen LogP contribution in [0.5, 0.6) is 5.75 Å². The number of ether oxygens (including phenoxy) is 1. The molecule has 5 rings (SSSR count). The van der Waals surface area contributed by atoms with Gasteiger partial charge in [0, 0.05) is 35.4 Å². The van der Waals surface area contributed by atoms with E-state index in [-0.39, 0.29) is 11.9 Å². The molecule has 2 heterocycles. The Labute approximate surface area is 200 Å². The number of hydrogen-bond donors (Lipinski definition) is 1. The largest absolute Gasteiger partial charge is 0.484 e. The second-order valence-electron chi connectivity index (χ2n) is 9.04. The quantitative estimate of drug-likeness (QED) is 0.327. The van der Waals surface area contributed by atoms with Gasteiger partial charge in [-0.1, -0.05) is 24.3 Å². The zero-order chi connectivity index (χ0) is 23.7. The van der Waals surface area contributed by atoms with E-state index in [0.717, 1.165) is 46.4 Å². The minimum absolute atomic E-state index is 0.254. The number of rotatable bonds is 5. The van der Waals surface area contributed by atoms with Crippen LogP contribution in [0.3, 0.4) is 0 Å². The van der Waals surface area contributed by atoms with Crippen LogP contribution in [-0.4, -0.2) is 18.1 Å². The number of halogens is 1. The molecule has 0 amide bonds. The van der Waals surface area contributed by atoms with Crippen molar-refractivity contribution < 1.29 is 9.13 Å². The molecule has 4 nitrogen and oxygen atoms in total. The average molecular weight is 456 g/mol. The molecule has 1 saturated heterocycles. The molecule has 1 unspecified atom stereocenters. The van der Waals surface area contributed by atoms with E-state index in [1.807, 2.05) is 50.2 Å². The third-order valence-corrected chi connectivity index (χ3v) is 6.68. The van der Waals surface area contributed by atoms with Gasteiger partial charge in [0.15, 0.2) is 0 Å². The number of pyridine rings is 1. The summed E-state index contributed by atoms with van der Waals surface area (Å²) in [7, 11) is 0. The third kappa shape index (κ3) is 4.30. The van der Waals surface area contributed by atoms with Gasteiger partial charge in [-0.25, -0.2) is 4.39 Å². The molecular formula is C29H30FN3O. The number of aryl methyl sites for hydroxylation is 1. The molecule has 1 aromatic heterocycles. The van der Waals surface area contributed by atoms with Crippen molar-refractivity contribution in [3.63, 3.8) is 0 Å². The summed E-state index contributed by atoms with van der Waals surface area (Å²) in [6.07, 6.45) is 3.40. The van der Waals surface area contributed by atoms with Crippen molar-refractivity contribution >= 4 is 22.3 Å². The van der Waals surface area contributed by atoms with E-state index in [2.05, 4.69) is 23.1 Å². The van der Waals surface area contributed by atoms with Crippen LogP contribution in [0.15, 0.2) is 66.7 Å². The molecule has 1 atom stereocenters. The van der Waals surface area contributed by atoms with Crippen molar-refractivity contribution in [2.45, 2.75) is 39.2 Å². The Morgan fingerprint density at radius 2 is 1.71 bits per heavy atom. The summed E-state index contributed by atoms with van der Waals surface area (Å²) >= 11 is 0. The molecule has 0 aliphatic carbocycles. The highest BCUT2D eigenvalue weighted by molar-refractivity contribution is 5.98. The first-order valence-electron chi connectivity index (χ1n) is 12.0. The van der Waals surface area contributed by atoms with Gasteiger partial charge in [0.2, 0.25) is 0 Å². The van der Waals surface area contributed by atoms with Gasteiger partial charge in [0.05, 0.1) is 11.2 Å². The van der Waals surface area contributed by atoms with Crippen LogP contribution in [-0.2, 0) is 0 Å². The van der Waals surface area contributed by atoms with E-state index in [9.17, 15) is 4.39 Å². The molecule has 1 fully saturated rings. The van der Waals surface area contributed by atoms with Gasteiger partial charge in [-0.15, -0.1) is 0 Å². The van der Waals surface area contributed by atoms with Crippen LogP contribution in [0.2, 0.25) is 0 Å². The van der Waals surface area contributed by atoms with Crippen LogP contribution in [0, 0.1) is 12.7 Å². The van der Waals surface area contributed by atoms with Crippen molar-refractivity contribution in [3.8, 4) is 16.9 Å². The molecule has 0 saturated carbocycles. The predicted octanol–water partition coefficient (Wildman–Crippen LogP) is 7.06. The van der Waals surface area contributed by atoms with Crippen LogP contribution in [0.1, 0.15) is 43.5 Å². The number of nitrogens with zero attached hydrogens (tertiary/aromatic N) is 2. The topological polar surface area (TPSA) is 51.4 Å². The summed E-state index contributed by atoms with van der Waals surface area (Å²) < 4.78 is 20.2. The second kappa shape index (κ2) is 9.34. The molecule has 0 spiro atoms. The molecule has 1 aliphatic heterocycles. The molecular weight excluding hydrogens is 425 g/mol. The SMILES string of the molecule is Cc1nc2ccc(N3CCCCC3)cc2c(-c2ccc(F)cc2)c1C(C)Oc1ccccc1N. The Balaban J connectivity index is 1.69. The molecule has 0 bridgehead atoms. The van der Waals surface area contributed by atoms with Crippen molar-refractivity contribution in [3.05, 3.63) is 83.8 Å². The van der Waals surface area contributed by atoms with Gasteiger partial charge < -0.3 is 15.4 Å². The molecule has 3 aromatic carbocycles.